The van der Waals surface area contributed by atoms with Gasteiger partial charge in [-0.05, 0) is 18.3 Å². The van der Waals surface area contributed by atoms with Crippen LogP contribution in [0.3, 0.4) is 0 Å². The van der Waals surface area contributed by atoms with Crippen molar-refractivity contribution >= 4 is 5.97 Å². The number of ether oxygens (including phenoxy) is 1. The van der Waals surface area contributed by atoms with E-state index in [0.29, 0.717) is 6.54 Å². The van der Waals surface area contributed by atoms with Crippen LogP contribution in [0, 0.1) is 11.3 Å². The summed E-state index contributed by atoms with van der Waals surface area (Å²) in [6, 6.07) is 0. The maximum Gasteiger partial charge on any atom is 0.310 e. The highest BCUT2D eigenvalue weighted by Crippen LogP contribution is 2.42. The highest BCUT2D eigenvalue weighted by molar-refractivity contribution is 5.73. The lowest BCUT2D eigenvalue weighted by molar-refractivity contribution is -0.150. The van der Waals surface area contributed by atoms with Crippen molar-refractivity contribution in [2.75, 3.05) is 13.7 Å². The molecule has 0 radical (unpaired) electrons. The van der Waals surface area contributed by atoms with E-state index >= 15 is 0 Å². The fourth-order valence-corrected chi connectivity index (χ4v) is 2.52. The fourth-order valence-electron chi connectivity index (χ4n) is 2.52. The summed E-state index contributed by atoms with van der Waals surface area (Å²) in [5, 5.41) is 0. The van der Waals surface area contributed by atoms with Crippen molar-refractivity contribution in [1.82, 2.24) is 0 Å². The van der Waals surface area contributed by atoms with E-state index in [9.17, 15) is 4.79 Å². The van der Waals surface area contributed by atoms with Gasteiger partial charge in [0, 0.05) is 6.54 Å². The summed E-state index contributed by atoms with van der Waals surface area (Å²) >= 11 is 0. The highest BCUT2D eigenvalue weighted by atomic mass is 16.5. The number of esters is 1. The summed E-state index contributed by atoms with van der Waals surface area (Å²) in [4.78, 5) is 11.5. The zero-order chi connectivity index (χ0) is 10.6. The molecule has 0 bridgehead atoms. The predicted molar refractivity (Wildman–Crippen MR) is 55.8 cm³/mol. The Balaban J connectivity index is 2.70. The normalized spacial score (nSPS) is 22.8. The fraction of sp³-hybridized carbons (Fsp3) is 0.909. The van der Waals surface area contributed by atoms with Gasteiger partial charge in [-0.2, -0.15) is 0 Å². The monoisotopic (exact) mass is 199 g/mol. The van der Waals surface area contributed by atoms with Crippen LogP contribution < -0.4 is 5.73 Å². The number of carbonyl (C=O) groups is 1. The van der Waals surface area contributed by atoms with Crippen molar-refractivity contribution in [1.29, 1.82) is 0 Å². The molecule has 0 saturated heterocycles. The van der Waals surface area contributed by atoms with Crippen LogP contribution in [-0.2, 0) is 9.53 Å². The van der Waals surface area contributed by atoms with Crippen molar-refractivity contribution in [2.24, 2.45) is 17.1 Å². The SMILES string of the molecule is COC(=O)C(CN)C1(C)CCCCC1. The molecule has 1 saturated carbocycles. The van der Waals surface area contributed by atoms with Crippen LogP contribution in [0.1, 0.15) is 39.0 Å². The lowest BCUT2D eigenvalue weighted by Crippen LogP contribution is -2.40. The predicted octanol–water partition coefficient (Wildman–Crippen LogP) is 1.70. The van der Waals surface area contributed by atoms with Gasteiger partial charge in [-0.3, -0.25) is 4.79 Å². The van der Waals surface area contributed by atoms with Gasteiger partial charge in [0.1, 0.15) is 0 Å². The van der Waals surface area contributed by atoms with E-state index < -0.39 is 0 Å². The second-order valence-electron chi connectivity index (χ2n) is 4.53. The van der Waals surface area contributed by atoms with Crippen LogP contribution in [0.25, 0.3) is 0 Å². The van der Waals surface area contributed by atoms with Crippen LogP contribution in [-0.4, -0.2) is 19.6 Å². The smallest absolute Gasteiger partial charge is 0.310 e. The summed E-state index contributed by atoms with van der Waals surface area (Å²) in [6.45, 7) is 2.57. The van der Waals surface area contributed by atoms with Gasteiger partial charge in [0.05, 0.1) is 13.0 Å². The number of rotatable bonds is 3. The van der Waals surface area contributed by atoms with Crippen molar-refractivity contribution in [3.05, 3.63) is 0 Å². The summed E-state index contributed by atoms with van der Waals surface area (Å²) in [5.41, 5.74) is 5.73. The maximum absolute atomic E-state index is 11.5. The average molecular weight is 199 g/mol. The Morgan fingerprint density at radius 2 is 2.00 bits per heavy atom. The average Bonchev–Trinajstić information content (AvgIpc) is 2.19. The molecule has 1 rings (SSSR count). The van der Waals surface area contributed by atoms with E-state index in [-0.39, 0.29) is 17.3 Å². The molecular weight excluding hydrogens is 178 g/mol. The number of nitrogens with two attached hydrogens (primary N) is 1. The van der Waals surface area contributed by atoms with Crippen LogP contribution >= 0.6 is 0 Å². The Labute approximate surface area is 86.0 Å². The van der Waals surface area contributed by atoms with Gasteiger partial charge in [-0.1, -0.05) is 26.2 Å². The van der Waals surface area contributed by atoms with Crippen molar-refractivity contribution < 1.29 is 9.53 Å². The zero-order valence-electron chi connectivity index (χ0n) is 9.21. The number of hydrogen-bond acceptors (Lipinski definition) is 3. The van der Waals surface area contributed by atoms with Gasteiger partial charge in [-0.25, -0.2) is 0 Å². The van der Waals surface area contributed by atoms with E-state index in [1.165, 1.54) is 26.4 Å². The maximum atomic E-state index is 11.5. The molecule has 1 atom stereocenters. The summed E-state index contributed by atoms with van der Waals surface area (Å²) < 4.78 is 4.80. The molecule has 1 aliphatic carbocycles. The van der Waals surface area contributed by atoms with Crippen molar-refractivity contribution in [3.63, 3.8) is 0 Å². The zero-order valence-corrected chi connectivity index (χ0v) is 9.21. The van der Waals surface area contributed by atoms with E-state index in [0.717, 1.165) is 12.8 Å². The summed E-state index contributed by atoms with van der Waals surface area (Å²) in [5.74, 6) is -0.260. The standard InChI is InChI=1S/C11H21NO2/c1-11(6-4-3-5-7-11)9(8-12)10(13)14-2/h9H,3-8,12H2,1-2H3. The van der Waals surface area contributed by atoms with E-state index in [2.05, 4.69) is 6.92 Å². The first-order valence-electron chi connectivity index (χ1n) is 5.42. The van der Waals surface area contributed by atoms with Gasteiger partial charge < -0.3 is 10.5 Å². The summed E-state index contributed by atoms with van der Waals surface area (Å²) in [6.07, 6.45) is 5.91. The van der Waals surface area contributed by atoms with Gasteiger partial charge in [-0.15, -0.1) is 0 Å². The van der Waals surface area contributed by atoms with Crippen molar-refractivity contribution in [2.45, 2.75) is 39.0 Å². The quantitative estimate of drug-likeness (QED) is 0.704. The lowest BCUT2D eigenvalue weighted by Gasteiger charge is -2.38. The third-order valence-electron chi connectivity index (χ3n) is 3.56. The number of carbonyl (C=O) groups excluding carboxylic acids is 1. The minimum Gasteiger partial charge on any atom is -0.469 e. The summed E-state index contributed by atoms with van der Waals surface area (Å²) in [7, 11) is 1.44. The second kappa shape index (κ2) is 4.78. The minimum absolute atomic E-state index is 0.0695. The van der Waals surface area contributed by atoms with E-state index in [1.54, 1.807) is 0 Å². The largest absolute Gasteiger partial charge is 0.469 e. The van der Waals surface area contributed by atoms with E-state index in [4.69, 9.17) is 10.5 Å². The number of methoxy groups -OCH3 is 1. The van der Waals surface area contributed by atoms with E-state index in [1.807, 2.05) is 0 Å². The molecule has 82 valence electrons. The third kappa shape index (κ3) is 2.27. The molecule has 0 aliphatic heterocycles. The molecule has 1 aliphatic rings. The molecule has 0 spiro atoms. The topological polar surface area (TPSA) is 52.3 Å². The van der Waals surface area contributed by atoms with Gasteiger partial charge in [0.15, 0.2) is 0 Å². The van der Waals surface area contributed by atoms with Crippen LogP contribution in [0.5, 0.6) is 0 Å². The van der Waals surface area contributed by atoms with Gasteiger partial charge in [0.2, 0.25) is 0 Å². The van der Waals surface area contributed by atoms with Gasteiger partial charge in [0.25, 0.3) is 0 Å². The Morgan fingerprint density at radius 1 is 1.43 bits per heavy atom. The highest BCUT2D eigenvalue weighted by Gasteiger charge is 2.39. The molecule has 2 N–H and O–H groups in total. The van der Waals surface area contributed by atoms with Crippen LogP contribution in [0.15, 0.2) is 0 Å². The first-order valence-corrected chi connectivity index (χ1v) is 5.42. The van der Waals surface area contributed by atoms with Gasteiger partial charge >= 0.3 is 5.97 Å². The molecule has 1 fully saturated rings. The molecule has 0 amide bonds. The molecule has 0 heterocycles. The lowest BCUT2D eigenvalue weighted by atomic mass is 9.67. The van der Waals surface area contributed by atoms with Crippen molar-refractivity contribution in [3.8, 4) is 0 Å². The molecule has 0 aromatic rings. The Kier molecular flexibility index (Phi) is 3.93. The molecular formula is C11H21NO2. The molecule has 1 unspecified atom stereocenters. The molecule has 0 aromatic carbocycles. The second-order valence-corrected chi connectivity index (χ2v) is 4.53. The van der Waals surface area contributed by atoms with Crippen LogP contribution in [0.2, 0.25) is 0 Å². The molecule has 14 heavy (non-hydrogen) atoms. The minimum atomic E-state index is -0.142. The Hall–Kier alpha value is -0.570. The first kappa shape index (κ1) is 11.5. The third-order valence-corrected chi connectivity index (χ3v) is 3.56. The number of hydrogen-bond donors (Lipinski definition) is 1. The first-order chi connectivity index (χ1) is 6.64. The van der Waals surface area contributed by atoms with Crippen LogP contribution in [0.4, 0.5) is 0 Å². The Morgan fingerprint density at radius 3 is 2.43 bits per heavy atom. The molecule has 0 aromatic heterocycles. The Bertz CT molecular complexity index is 197. The molecule has 3 heteroatoms. The molecule has 3 nitrogen and oxygen atoms in total.